The quantitative estimate of drug-likeness (QED) is 0.765. The van der Waals surface area contributed by atoms with E-state index < -0.39 is 12.0 Å². The maximum Gasteiger partial charge on any atom is 0.320 e. The molecule has 5 nitrogen and oxygen atoms in total. The van der Waals surface area contributed by atoms with Gasteiger partial charge in [0.2, 0.25) is 0 Å². The van der Waals surface area contributed by atoms with E-state index in [2.05, 4.69) is 5.32 Å². The van der Waals surface area contributed by atoms with Crippen molar-refractivity contribution in [3.63, 3.8) is 0 Å². The molecule has 112 valence electrons. The van der Waals surface area contributed by atoms with Crippen molar-refractivity contribution in [3.8, 4) is 11.5 Å². The number of nitrogens with one attached hydrogen (secondary N) is 1. The summed E-state index contributed by atoms with van der Waals surface area (Å²) in [7, 11) is 3.15. The Kier molecular flexibility index (Phi) is 6.31. The van der Waals surface area contributed by atoms with Gasteiger partial charge in [-0.2, -0.15) is 0 Å². The molecule has 0 radical (unpaired) electrons. The number of carboxylic acid groups (broad SMARTS) is 1. The largest absolute Gasteiger partial charge is 0.493 e. The van der Waals surface area contributed by atoms with Crippen LogP contribution in [0.2, 0.25) is 0 Å². The molecular weight excluding hydrogens is 258 g/mol. The number of methoxy groups -OCH3 is 2. The van der Waals surface area contributed by atoms with E-state index in [0.29, 0.717) is 18.0 Å². The van der Waals surface area contributed by atoms with Gasteiger partial charge in [0.15, 0.2) is 11.5 Å². The van der Waals surface area contributed by atoms with Gasteiger partial charge in [-0.05, 0) is 12.0 Å². The van der Waals surface area contributed by atoms with Crippen LogP contribution >= 0.6 is 0 Å². The van der Waals surface area contributed by atoms with Gasteiger partial charge < -0.3 is 14.6 Å². The molecule has 1 rings (SSSR count). The van der Waals surface area contributed by atoms with Crippen LogP contribution in [0.1, 0.15) is 25.8 Å². The molecule has 1 aromatic carbocycles. The topological polar surface area (TPSA) is 67.8 Å². The second-order valence-corrected chi connectivity index (χ2v) is 4.73. The third kappa shape index (κ3) is 3.87. The van der Waals surface area contributed by atoms with Gasteiger partial charge in [0.05, 0.1) is 14.2 Å². The first-order valence-electron chi connectivity index (χ1n) is 6.71. The summed E-state index contributed by atoms with van der Waals surface area (Å²) < 4.78 is 10.6. The maximum atomic E-state index is 11.3. The predicted octanol–water partition coefficient (Wildman–Crippen LogP) is 2.29. The summed E-state index contributed by atoms with van der Waals surface area (Å²) in [6, 6.07) is 4.99. The lowest BCUT2D eigenvalue weighted by atomic mass is 9.99. The summed E-state index contributed by atoms with van der Waals surface area (Å²) in [6.07, 6.45) is 0.805. The van der Waals surface area contributed by atoms with Gasteiger partial charge in [-0.3, -0.25) is 10.1 Å². The molecule has 20 heavy (non-hydrogen) atoms. The minimum Gasteiger partial charge on any atom is -0.493 e. The Bertz CT molecular complexity index is 447. The van der Waals surface area contributed by atoms with Crippen molar-refractivity contribution in [1.29, 1.82) is 0 Å². The molecule has 0 heterocycles. The molecule has 0 aliphatic heterocycles. The summed E-state index contributed by atoms with van der Waals surface area (Å²) in [5.41, 5.74) is 0.876. The van der Waals surface area contributed by atoms with Crippen LogP contribution in [0.25, 0.3) is 0 Å². The first kappa shape index (κ1) is 16.3. The zero-order chi connectivity index (χ0) is 15.1. The lowest BCUT2D eigenvalue weighted by molar-refractivity contribution is -0.140. The summed E-state index contributed by atoms with van der Waals surface area (Å²) in [5, 5.41) is 12.3. The number of ether oxygens (including phenoxy) is 2. The number of para-hydroxylation sites is 1. The molecular formula is C15H23NO4. The van der Waals surface area contributed by atoms with Gasteiger partial charge >= 0.3 is 5.97 Å². The molecule has 2 unspecified atom stereocenters. The summed E-state index contributed by atoms with van der Waals surface area (Å²) in [6.45, 7) is 4.32. The summed E-state index contributed by atoms with van der Waals surface area (Å²) >= 11 is 0. The fourth-order valence-corrected chi connectivity index (χ4v) is 2.08. The van der Waals surface area contributed by atoms with E-state index in [4.69, 9.17) is 9.47 Å². The van der Waals surface area contributed by atoms with Crippen LogP contribution in [0.15, 0.2) is 18.2 Å². The Morgan fingerprint density at radius 3 is 2.55 bits per heavy atom. The molecule has 2 N–H and O–H groups in total. The van der Waals surface area contributed by atoms with E-state index in [1.165, 1.54) is 0 Å². The second-order valence-electron chi connectivity index (χ2n) is 4.73. The molecule has 0 aromatic heterocycles. The van der Waals surface area contributed by atoms with Gasteiger partial charge in [0.25, 0.3) is 0 Å². The van der Waals surface area contributed by atoms with Crippen LogP contribution in [0, 0.1) is 5.92 Å². The fraction of sp³-hybridized carbons (Fsp3) is 0.533. The average Bonchev–Trinajstić information content (AvgIpc) is 2.46. The molecule has 0 saturated heterocycles. The normalized spacial score (nSPS) is 13.6. The number of hydrogen-bond donors (Lipinski definition) is 2. The number of carboxylic acids is 1. The first-order chi connectivity index (χ1) is 9.54. The monoisotopic (exact) mass is 281 g/mol. The molecule has 0 bridgehead atoms. The van der Waals surface area contributed by atoms with Gasteiger partial charge in [0, 0.05) is 12.1 Å². The molecule has 0 amide bonds. The van der Waals surface area contributed by atoms with Crippen LogP contribution in [0.5, 0.6) is 11.5 Å². The molecule has 0 spiro atoms. The average molecular weight is 281 g/mol. The van der Waals surface area contributed by atoms with Crippen molar-refractivity contribution >= 4 is 5.97 Å². The lowest BCUT2D eigenvalue weighted by Gasteiger charge is -2.21. The Morgan fingerprint density at radius 2 is 2.05 bits per heavy atom. The van der Waals surface area contributed by atoms with Crippen molar-refractivity contribution in [3.05, 3.63) is 23.8 Å². The van der Waals surface area contributed by atoms with Crippen molar-refractivity contribution in [2.24, 2.45) is 5.92 Å². The Hall–Kier alpha value is -1.75. The fourth-order valence-electron chi connectivity index (χ4n) is 2.08. The molecule has 0 fully saturated rings. The van der Waals surface area contributed by atoms with Crippen LogP contribution < -0.4 is 14.8 Å². The maximum absolute atomic E-state index is 11.3. The van der Waals surface area contributed by atoms with Crippen LogP contribution in [0.3, 0.4) is 0 Å². The summed E-state index contributed by atoms with van der Waals surface area (Å²) in [4.78, 5) is 11.3. The van der Waals surface area contributed by atoms with Gasteiger partial charge in [-0.15, -0.1) is 0 Å². The summed E-state index contributed by atoms with van der Waals surface area (Å²) in [5.74, 6) is 0.503. The van der Waals surface area contributed by atoms with Crippen LogP contribution in [-0.2, 0) is 11.3 Å². The minimum absolute atomic E-state index is 0.0594. The van der Waals surface area contributed by atoms with Gasteiger partial charge in [0.1, 0.15) is 6.04 Å². The number of aliphatic carboxylic acids is 1. The van der Waals surface area contributed by atoms with Crippen molar-refractivity contribution in [1.82, 2.24) is 5.32 Å². The highest BCUT2D eigenvalue weighted by atomic mass is 16.5. The Labute approximate surface area is 119 Å². The smallest absolute Gasteiger partial charge is 0.320 e. The van der Waals surface area contributed by atoms with E-state index in [1.807, 2.05) is 32.0 Å². The zero-order valence-corrected chi connectivity index (χ0v) is 12.5. The number of hydrogen-bond acceptors (Lipinski definition) is 4. The lowest BCUT2D eigenvalue weighted by Crippen LogP contribution is -2.41. The Balaban J connectivity index is 2.85. The SMILES string of the molecule is CCC(C)C(NCc1cccc(OC)c1OC)C(=O)O. The molecule has 1 aromatic rings. The molecule has 0 saturated carbocycles. The number of carbonyl (C=O) groups is 1. The molecule has 5 heteroatoms. The zero-order valence-electron chi connectivity index (χ0n) is 12.5. The predicted molar refractivity (Wildman–Crippen MR) is 77.3 cm³/mol. The van der Waals surface area contributed by atoms with Gasteiger partial charge in [-0.1, -0.05) is 32.4 Å². The third-order valence-electron chi connectivity index (χ3n) is 3.48. The highest BCUT2D eigenvalue weighted by molar-refractivity contribution is 5.73. The minimum atomic E-state index is -0.832. The van der Waals surface area contributed by atoms with Crippen molar-refractivity contribution in [2.75, 3.05) is 14.2 Å². The molecule has 0 aliphatic carbocycles. The third-order valence-corrected chi connectivity index (χ3v) is 3.48. The highest BCUT2D eigenvalue weighted by Crippen LogP contribution is 2.30. The second kappa shape index (κ2) is 7.75. The van der Waals surface area contributed by atoms with E-state index in [9.17, 15) is 9.90 Å². The highest BCUT2D eigenvalue weighted by Gasteiger charge is 2.23. The standard InChI is InChI=1S/C15H23NO4/c1-5-10(2)13(15(17)18)16-9-11-7-6-8-12(19-3)14(11)20-4/h6-8,10,13,16H,5,9H2,1-4H3,(H,17,18). The van der Waals surface area contributed by atoms with Crippen LogP contribution in [-0.4, -0.2) is 31.3 Å². The van der Waals surface area contributed by atoms with Gasteiger partial charge in [-0.25, -0.2) is 0 Å². The van der Waals surface area contributed by atoms with Crippen molar-refractivity contribution in [2.45, 2.75) is 32.9 Å². The van der Waals surface area contributed by atoms with E-state index in [-0.39, 0.29) is 5.92 Å². The molecule has 0 aliphatic rings. The van der Waals surface area contributed by atoms with E-state index in [0.717, 1.165) is 12.0 Å². The van der Waals surface area contributed by atoms with Crippen LogP contribution in [0.4, 0.5) is 0 Å². The van der Waals surface area contributed by atoms with E-state index >= 15 is 0 Å². The van der Waals surface area contributed by atoms with E-state index in [1.54, 1.807) is 14.2 Å². The first-order valence-corrected chi connectivity index (χ1v) is 6.71. The van der Waals surface area contributed by atoms with Crippen molar-refractivity contribution < 1.29 is 19.4 Å². The molecule has 2 atom stereocenters. The Morgan fingerprint density at radius 1 is 1.35 bits per heavy atom. The number of rotatable bonds is 8. The number of benzene rings is 1.